The minimum absolute atomic E-state index is 0.124. The van der Waals surface area contributed by atoms with Crippen LogP contribution < -0.4 is 5.32 Å². The van der Waals surface area contributed by atoms with Gasteiger partial charge in [0.05, 0.1) is 6.07 Å². The molecule has 0 aliphatic rings. The van der Waals surface area contributed by atoms with E-state index in [1.165, 1.54) is 5.57 Å². The van der Waals surface area contributed by atoms with E-state index in [1.807, 2.05) is 33.8 Å². The average molecular weight is 236 g/mol. The van der Waals surface area contributed by atoms with Gasteiger partial charge in [-0.3, -0.25) is 4.79 Å². The lowest BCUT2D eigenvalue weighted by Gasteiger charge is -2.24. The Morgan fingerprint density at radius 1 is 1.29 bits per heavy atom. The molecule has 0 aliphatic heterocycles. The van der Waals surface area contributed by atoms with Crippen molar-refractivity contribution in [2.45, 2.75) is 53.4 Å². The zero-order valence-electron chi connectivity index (χ0n) is 11.5. The van der Waals surface area contributed by atoms with Gasteiger partial charge in [0.2, 0.25) is 5.91 Å². The standard InChI is InChI=1S/C14H24N2O/c1-5-8-14(11-15,9-6-2)13(17)16-10-7-12(3)4/h7H,5-6,8-10H2,1-4H3,(H,16,17). The molecule has 0 unspecified atom stereocenters. The van der Waals surface area contributed by atoms with Crippen LogP contribution in [0.1, 0.15) is 53.4 Å². The molecule has 3 nitrogen and oxygen atoms in total. The molecule has 17 heavy (non-hydrogen) atoms. The number of nitriles is 1. The van der Waals surface area contributed by atoms with Crippen LogP contribution in [0.3, 0.4) is 0 Å². The van der Waals surface area contributed by atoms with E-state index >= 15 is 0 Å². The van der Waals surface area contributed by atoms with Crippen LogP contribution in [0.5, 0.6) is 0 Å². The zero-order chi connectivity index (χ0) is 13.3. The molecule has 0 spiro atoms. The molecule has 1 amide bonds. The quantitative estimate of drug-likeness (QED) is 0.690. The van der Waals surface area contributed by atoms with Gasteiger partial charge in [-0.2, -0.15) is 5.26 Å². The van der Waals surface area contributed by atoms with E-state index in [-0.39, 0.29) is 5.91 Å². The Bertz CT molecular complexity index is 303. The van der Waals surface area contributed by atoms with Crippen molar-refractivity contribution in [3.05, 3.63) is 11.6 Å². The van der Waals surface area contributed by atoms with Gasteiger partial charge >= 0.3 is 0 Å². The monoisotopic (exact) mass is 236 g/mol. The van der Waals surface area contributed by atoms with Gasteiger partial charge in [0.25, 0.3) is 0 Å². The molecule has 0 saturated carbocycles. The summed E-state index contributed by atoms with van der Waals surface area (Å²) in [5.41, 5.74) is 0.331. The number of nitrogens with one attached hydrogen (secondary N) is 1. The van der Waals surface area contributed by atoms with Crippen molar-refractivity contribution in [3.63, 3.8) is 0 Å². The summed E-state index contributed by atoms with van der Waals surface area (Å²) < 4.78 is 0. The van der Waals surface area contributed by atoms with Crippen molar-refractivity contribution in [1.29, 1.82) is 5.26 Å². The lowest BCUT2D eigenvalue weighted by molar-refractivity contribution is -0.128. The van der Waals surface area contributed by atoms with Crippen LogP contribution >= 0.6 is 0 Å². The molecule has 96 valence electrons. The fraction of sp³-hybridized carbons (Fsp3) is 0.714. The maximum atomic E-state index is 12.1. The normalized spacial score (nSPS) is 10.5. The third kappa shape index (κ3) is 5.04. The third-order valence-electron chi connectivity index (χ3n) is 2.78. The van der Waals surface area contributed by atoms with Gasteiger partial charge in [0.1, 0.15) is 5.41 Å². The Labute approximate surface area is 105 Å². The smallest absolute Gasteiger partial charge is 0.240 e. The molecule has 0 bridgehead atoms. The summed E-state index contributed by atoms with van der Waals surface area (Å²) in [4.78, 5) is 12.1. The van der Waals surface area contributed by atoms with E-state index in [2.05, 4.69) is 11.4 Å². The molecule has 0 heterocycles. The van der Waals surface area contributed by atoms with Gasteiger partial charge in [0, 0.05) is 6.54 Å². The van der Waals surface area contributed by atoms with Crippen molar-refractivity contribution in [1.82, 2.24) is 5.32 Å². The Balaban J connectivity index is 4.64. The Morgan fingerprint density at radius 2 is 1.82 bits per heavy atom. The van der Waals surface area contributed by atoms with Gasteiger partial charge < -0.3 is 5.32 Å². The van der Waals surface area contributed by atoms with Gasteiger partial charge in [-0.1, -0.05) is 38.3 Å². The number of nitrogens with zero attached hydrogens (tertiary/aromatic N) is 1. The topological polar surface area (TPSA) is 52.9 Å². The van der Waals surface area contributed by atoms with Crippen molar-refractivity contribution < 1.29 is 4.79 Å². The highest BCUT2D eigenvalue weighted by Gasteiger charge is 2.36. The molecule has 0 aromatic rings. The first-order valence-electron chi connectivity index (χ1n) is 6.35. The first-order chi connectivity index (χ1) is 8.02. The SMILES string of the molecule is CCCC(C#N)(CCC)C(=O)NCC=C(C)C. The van der Waals surface area contributed by atoms with Gasteiger partial charge in [-0.25, -0.2) is 0 Å². The fourth-order valence-corrected chi connectivity index (χ4v) is 1.89. The summed E-state index contributed by atoms with van der Waals surface area (Å²) in [5, 5.41) is 12.1. The highest BCUT2D eigenvalue weighted by atomic mass is 16.2. The molecule has 0 radical (unpaired) electrons. The molecule has 0 aromatic heterocycles. The molecule has 0 fully saturated rings. The number of hydrogen-bond donors (Lipinski definition) is 1. The average Bonchev–Trinajstić information content (AvgIpc) is 2.27. The Morgan fingerprint density at radius 3 is 2.18 bits per heavy atom. The highest BCUT2D eigenvalue weighted by Crippen LogP contribution is 2.29. The lowest BCUT2D eigenvalue weighted by atomic mass is 9.80. The van der Waals surface area contributed by atoms with Crippen LogP contribution in [0.15, 0.2) is 11.6 Å². The van der Waals surface area contributed by atoms with Gasteiger partial charge in [-0.15, -0.1) is 0 Å². The number of carbonyl (C=O) groups is 1. The van der Waals surface area contributed by atoms with Crippen molar-refractivity contribution >= 4 is 5.91 Å². The van der Waals surface area contributed by atoms with E-state index in [9.17, 15) is 10.1 Å². The molecule has 3 heteroatoms. The van der Waals surface area contributed by atoms with E-state index < -0.39 is 5.41 Å². The summed E-state index contributed by atoms with van der Waals surface area (Å²) in [6.45, 7) is 8.50. The number of amides is 1. The van der Waals surface area contributed by atoms with Crippen LogP contribution in [-0.4, -0.2) is 12.5 Å². The highest BCUT2D eigenvalue weighted by molar-refractivity contribution is 5.85. The second-order valence-corrected chi connectivity index (χ2v) is 4.69. The maximum Gasteiger partial charge on any atom is 0.240 e. The van der Waals surface area contributed by atoms with Crippen LogP contribution in [0.4, 0.5) is 0 Å². The fourth-order valence-electron chi connectivity index (χ4n) is 1.89. The summed E-state index contributed by atoms with van der Waals surface area (Å²) in [6, 6.07) is 2.22. The molecule has 0 aliphatic carbocycles. The lowest BCUT2D eigenvalue weighted by Crippen LogP contribution is -2.40. The summed E-state index contributed by atoms with van der Waals surface area (Å²) in [7, 11) is 0. The molecule has 0 aromatic carbocycles. The molecular formula is C14H24N2O. The maximum absolute atomic E-state index is 12.1. The summed E-state index contributed by atoms with van der Waals surface area (Å²) >= 11 is 0. The van der Waals surface area contributed by atoms with E-state index in [0.717, 1.165) is 12.8 Å². The largest absolute Gasteiger partial charge is 0.351 e. The van der Waals surface area contributed by atoms with Crippen molar-refractivity contribution in [2.75, 3.05) is 6.54 Å². The van der Waals surface area contributed by atoms with Gasteiger partial charge in [-0.05, 0) is 26.7 Å². The van der Waals surface area contributed by atoms with Crippen LogP contribution in [0.2, 0.25) is 0 Å². The Kier molecular flexibility index (Phi) is 7.29. The number of hydrogen-bond acceptors (Lipinski definition) is 2. The van der Waals surface area contributed by atoms with Gasteiger partial charge in [0.15, 0.2) is 0 Å². The van der Waals surface area contributed by atoms with E-state index in [4.69, 9.17) is 0 Å². The molecule has 1 N–H and O–H groups in total. The van der Waals surface area contributed by atoms with E-state index in [0.29, 0.717) is 19.4 Å². The zero-order valence-corrected chi connectivity index (χ0v) is 11.5. The minimum atomic E-state index is -0.834. The first-order valence-corrected chi connectivity index (χ1v) is 6.35. The second kappa shape index (κ2) is 7.89. The molecular weight excluding hydrogens is 212 g/mol. The van der Waals surface area contributed by atoms with Crippen LogP contribution in [0, 0.1) is 16.7 Å². The summed E-state index contributed by atoms with van der Waals surface area (Å²) in [6.07, 6.45) is 4.93. The first kappa shape index (κ1) is 15.7. The van der Waals surface area contributed by atoms with Crippen molar-refractivity contribution in [3.8, 4) is 6.07 Å². The van der Waals surface area contributed by atoms with E-state index in [1.54, 1.807) is 0 Å². The summed E-state index contributed by atoms with van der Waals surface area (Å²) in [5.74, 6) is -0.124. The predicted octanol–water partition coefficient (Wildman–Crippen LogP) is 3.18. The minimum Gasteiger partial charge on any atom is -0.351 e. The number of allylic oxidation sites excluding steroid dienone is 1. The second-order valence-electron chi connectivity index (χ2n) is 4.69. The number of rotatable bonds is 7. The molecule has 0 rings (SSSR count). The number of carbonyl (C=O) groups excluding carboxylic acids is 1. The molecule has 0 saturated heterocycles. The third-order valence-corrected chi connectivity index (χ3v) is 2.78. The van der Waals surface area contributed by atoms with Crippen LogP contribution in [-0.2, 0) is 4.79 Å². The molecule has 0 atom stereocenters. The van der Waals surface area contributed by atoms with Crippen molar-refractivity contribution in [2.24, 2.45) is 5.41 Å². The van der Waals surface area contributed by atoms with Crippen LogP contribution in [0.25, 0.3) is 0 Å². The Hall–Kier alpha value is -1.30. The predicted molar refractivity (Wildman–Crippen MR) is 70.3 cm³/mol.